The minimum Gasteiger partial charge on any atom is -0.444 e. The van der Waals surface area contributed by atoms with E-state index in [9.17, 15) is 14.0 Å². The van der Waals surface area contributed by atoms with Crippen LogP contribution in [0.2, 0.25) is 0 Å². The minimum absolute atomic E-state index is 0.0758. The van der Waals surface area contributed by atoms with Crippen molar-refractivity contribution in [3.8, 4) is 11.3 Å². The second-order valence-corrected chi connectivity index (χ2v) is 10.5. The van der Waals surface area contributed by atoms with Crippen LogP contribution in [0, 0.1) is 5.82 Å². The molecule has 3 N–H and O–H groups in total. The first kappa shape index (κ1) is 26.1. The summed E-state index contributed by atoms with van der Waals surface area (Å²) in [6.07, 6.45) is 4.23. The van der Waals surface area contributed by atoms with Gasteiger partial charge in [-0.3, -0.25) is 9.48 Å². The van der Waals surface area contributed by atoms with Gasteiger partial charge in [-0.05, 0) is 57.9 Å². The number of fused-ring (bicyclic) bond motifs is 1. The molecule has 1 atom stereocenters. The molecule has 1 saturated heterocycles. The van der Waals surface area contributed by atoms with Gasteiger partial charge < -0.3 is 20.7 Å². The molecule has 4 heterocycles. The van der Waals surface area contributed by atoms with Crippen molar-refractivity contribution in [2.24, 2.45) is 0 Å². The number of piperidine rings is 1. The highest BCUT2D eigenvalue weighted by atomic mass is 19.1. The smallest absolute Gasteiger partial charge is 0.410 e. The summed E-state index contributed by atoms with van der Waals surface area (Å²) < 4.78 is 20.9. The maximum Gasteiger partial charge on any atom is 0.410 e. The van der Waals surface area contributed by atoms with Crippen molar-refractivity contribution < 1.29 is 18.7 Å². The molecule has 1 aliphatic heterocycles. The maximum absolute atomic E-state index is 13.4. The van der Waals surface area contributed by atoms with E-state index in [0.717, 1.165) is 30.0 Å². The lowest BCUT2D eigenvalue weighted by Gasteiger charge is -2.34. The van der Waals surface area contributed by atoms with E-state index in [0.29, 0.717) is 35.6 Å². The Morgan fingerprint density at radius 3 is 2.56 bits per heavy atom. The number of pyridine rings is 2. The van der Waals surface area contributed by atoms with Gasteiger partial charge in [-0.15, -0.1) is 0 Å². The van der Waals surface area contributed by atoms with E-state index in [-0.39, 0.29) is 18.0 Å². The van der Waals surface area contributed by atoms with E-state index in [4.69, 9.17) is 15.6 Å². The highest BCUT2D eigenvalue weighted by Gasteiger charge is 2.30. The van der Waals surface area contributed by atoms with Crippen LogP contribution < -0.4 is 11.1 Å². The van der Waals surface area contributed by atoms with E-state index >= 15 is 0 Å². The molecule has 39 heavy (non-hydrogen) atoms. The molecule has 0 unspecified atom stereocenters. The average Bonchev–Trinajstić information content (AvgIpc) is 3.29. The molecular formula is C28H30FN7O3. The quantitative estimate of drug-likeness (QED) is 0.378. The first-order valence-electron chi connectivity index (χ1n) is 12.7. The molecule has 2 amide bonds. The number of amides is 2. The Morgan fingerprint density at radius 1 is 1.10 bits per heavy atom. The Kier molecular flexibility index (Phi) is 6.90. The number of halogens is 1. The van der Waals surface area contributed by atoms with Crippen LogP contribution in [0.15, 0.2) is 54.9 Å². The van der Waals surface area contributed by atoms with Crippen molar-refractivity contribution in [3.63, 3.8) is 0 Å². The topological polar surface area (TPSA) is 128 Å². The van der Waals surface area contributed by atoms with E-state index in [2.05, 4.69) is 15.3 Å². The van der Waals surface area contributed by atoms with Crippen LogP contribution in [0.1, 0.15) is 50.0 Å². The van der Waals surface area contributed by atoms with Crippen molar-refractivity contribution in [1.82, 2.24) is 24.6 Å². The monoisotopic (exact) mass is 531 g/mol. The molecular weight excluding hydrogens is 501 g/mol. The van der Waals surface area contributed by atoms with Crippen molar-refractivity contribution >= 4 is 34.5 Å². The van der Waals surface area contributed by atoms with Crippen molar-refractivity contribution in [1.29, 1.82) is 0 Å². The zero-order valence-electron chi connectivity index (χ0n) is 22.0. The first-order chi connectivity index (χ1) is 18.6. The molecule has 0 radical (unpaired) electrons. The Balaban J connectivity index is 1.43. The van der Waals surface area contributed by atoms with E-state index < -0.39 is 17.3 Å². The molecule has 10 nitrogen and oxygen atoms in total. The first-order valence-corrected chi connectivity index (χ1v) is 12.7. The molecule has 11 heteroatoms. The normalized spacial score (nSPS) is 15.8. The van der Waals surface area contributed by atoms with E-state index in [1.165, 1.54) is 12.3 Å². The number of nitrogens with zero attached hydrogens (tertiary/aromatic N) is 5. The number of ether oxygens (including phenoxy) is 1. The zero-order chi connectivity index (χ0) is 27.7. The Bertz CT molecular complexity index is 1530. The molecule has 1 aliphatic rings. The minimum atomic E-state index is -0.577. The molecule has 1 aromatic carbocycles. The van der Waals surface area contributed by atoms with E-state index in [1.807, 2.05) is 31.5 Å². The number of anilines is 2. The number of nitrogens with one attached hydrogen (secondary N) is 1. The van der Waals surface area contributed by atoms with Crippen molar-refractivity contribution in [2.45, 2.75) is 45.3 Å². The highest BCUT2D eigenvalue weighted by molar-refractivity contribution is 6.05. The molecule has 1 fully saturated rings. The molecule has 0 spiro atoms. The number of aromatic nitrogens is 4. The number of hydrogen-bond acceptors (Lipinski definition) is 7. The van der Waals surface area contributed by atoms with Gasteiger partial charge in [0.2, 0.25) is 0 Å². The van der Waals surface area contributed by atoms with Crippen LogP contribution in [0.3, 0.4) is 0 Å². The van der Waals surface area contributed by atoms with Gasteiger partial charge in [-0.1, -0.05) is 12.1 Å². The fourth-order valence-corrected chi connectivity index (χ4v) is 4.68. The van der Waals surface area contributed by atoms with E-state index in [1.54, 1.807) is 35.4 Å². The van der Waals surface area contributed by atoms with Crippen LogP contribution >= 0.6 is 0 Å². The molecule has 0 bridgehead atoms. The molecule has 0 saturated carbocycles. The lowest BCUT2D eigenvalue weighted by molar-refractivity contribution is 0.0169. The van der Waals surface area contributed by atoms with Crippen LogP contribution in [-0.4, -0.2) is 55.3 Å². The number of likely N-dealkylation sites (tertiary alicyclic amines) is 1. The fourth-order valence-electron chi connectivity index (χ4n) is 4.68. The summed E-state index contributed by atoms with van der Waals surface area (Å²) in [6.45, 7) is 6.63. The number of nitrogen functional groups attached to an aromatic ring is 1. The van der Waals surface area contributed by atoms with Gasteiger partial charge in [-0.25, -0.2) is 19.2 Å². The van der Waals surface area contributed by atoms with Crippen LogP contribution in [0.5, 0.6) is 0 Å². The summed E-state index contributed by atoms with van der Waals surface area (Å²) in [5.74, 6) is -0.440. The second-order valence-electron chi connectivity index (χ2n) is 10.5. The Labute approximate surface area is 225 Å². The van der Waals surface area contributed by atoms with Gasteiger partial charge in [-0.2, -0.15) is 5.10 Å². The second kappa shape index (κ2) is 10.3. The highest BCUT2D eigenvalue weighted by Crippen LogP contribution is 2.35. The number of nitrogens with two attached hydrogens (primary N) is 1. The number of carbonyl (C=O) groups is 2. The predicted molar refractivity (Wildman–Crippen MR) is 146 cm³/mol. The van der Waals surface area contributed by atoms with Gasteiger partial charge in [0.15, 0.2) is 0 Å². The van der Waals surface area contributed by atoms with Crippen LogP contribution in [0.25, 0.3) is 22.2 Å². The summed E-state index contributed by atoms with van der Waals surface area (Å²) in [7, 11) is 0. The third kappa shape index (κ3) is 5.66. The summed E-state index contributed by atoms with van der Waals surface area (Å²) in [6, 6.07) is 11.0. The van der Waals surface area contributed by atoms with Gasteiger partial charge in [0.25, 0.3) is 5.91 Å². The Morgan fingerprint density at radius 2 is 1.85 bits per heavy atom. The molecule has 5 rings (SSSR count). The SMILES string of the molecule is CC(C)(C)OC(=O)N1CCC[C@@H](n2nc(-c3ccc(C(=O)Nc4cc(F)ccn4)cc3)c3c(N)nccc32)C1. The lowest BCUT2D eigenvalue weighted by atomic mass is 10.1. The average molecular weight is 532 g/mol. The van der Waals surface area contributed by atoms with Crippen LogP contribution in [0.4, 0.5) is 20.8 Å². The van der Waals surface area contributed by atoms with Gasteiger partial charge in [0, 0.05) is 42.7 Å². The van der Waals surface area contributed by atoms with Crippen molar-refractivity contribution in [2.75, 3.05) is 24.1 Å². The summed E-state index contributed by atoms with van der Waals surface area (Å²) >= 11 is 0. The largest absolute Gasteiger partial charge is 0.444 e. The molecule has 202 valence electrons. The third-order valence-corrected chi connectivity index (χ3v) is 6.43. The molecule has 3 aromatic heterocycles. The van der Waals surface area contributed by atoms with Gasteiger partial charge >= 0.3 is 6.09 Å². The standard InChI is InChI=1S/C28H30FN7O3/c1-28(2,3)39-27(38)35-14-4-5-20(16-35)36-21-11-13-32-25(30)23(21)24(34-36)17-6-8-18(9-7-17)26(37)33-22-15-19(29)10-12-31-22/h6-13,15,20H,4-5,14,16H2,1-3H3,(H2,30,32)(H,31,33,37)/t20-/m1/s1. The zero-order valence-corrected chi connectivity index (χ0v) is 22.0. The third-order valence-electron chi connectivity index (χ3n) is 6.43. The lowest BCUT2D eigenvalue weighted by Crippen LogP contribution is -2.43. The van der Waals surface area contributed by atoms with Crippen molar-refractivity contribution in [3.05, 3.63) is 66.2 Å². The number of benzene rings is 1. The number of carbonyl (C=O) groups excluding carboxylic acids is 2. The molecule has 4 aromatic rings. The van der Waals surface area contributed by atoms with Gasteiger partial charge in [0.05, 0.1) is 16.9 Å². The van der Waals surface area contributed by atoms with Gasteiger partial charge in [0.1, 0.15) is 28.7 Å². The van der Waals surface area contributed by atoms with Crippen LogP contribution in [-0.2, 0) is 4.74 Å². The number of rotatable bonds is 4. The molecule has 0 aliphatic carbocycles. The fraction of sp³-hybridized carbons (Fsp3) is 0.321. The maximum atomic E-state index is 13.4. The summed E-state index contributed by atoms with van der Waals surface area (Å²) in [5.41, 5.74) is 8.30. The Hall–Kier alpha value is -4.54. The predicted octanol–water partition coefficient (Wildman–Crippen LogP) is 5.04. The number of hydrogen-bond donors (Lipinski definition) is 2. The summed E-state index contributed by atoms with van der Waals surface area (Å²) in [5, 5.41) is 8.22. The summed E-state index contributed by atoms with van der Waals surface area (Å²) in [4.78, 5) is 35.4.